The van der Waals surface area contributed by atoms with Crippen molar-refractivity contribution >= 4 is 5.97 Å². The summed E-state index contributed by atoms with van der Waals surface area (Å²) in [5.74, 6) is -1.49. The van der Waals surface area contributed by atoms with Gasteiger partial charge in [0.15, 0.2) is 6.17 Å². The highest BCUT2D eigenvalue weighted by Crippen LogP contribution is 2.49. The molecule has 6 heteroatoms. The number of hydrogen-bond donors (Lipinski definition) is 2. The van der Waals surface area contributed by atoms with E-state index in [4.69, 9.17) is 9.47 Å². The molecule has 0 aromatic carbocycles. The highest BCUT2D eigenvalue weighted by molar-refractivity contribution is 5.89. The largest absolute Gasteiger partial charge is 0.491 e. The van der Waals surface area contributed by atoms with Gasteiger partial charge >= 0.3 is 5.97 Å². The molecule has 0 aromatic heterocycles. The first kappa shape index (κ1) is 21.3. The molecule has 2 saturated carbocycles. The lowest BCUT2D eigenvalue weighted by molar-refractivity contribution is -0.136. The van der Waals surface area contributed by atoms with E-state index in [2.05, 4.69) is 6.92 Å². The van der Waals surface area contributed by atoms with Gasteiger partial charge in [-0.2, -0.15) is 0 Å². The predicted molar refractivity (Wildman–Crippen MR) is 103 cm³/mol. The number of carbonyl (C=O) groups excluding carboxylic acids is 1. The number of halogens is 1. The average Bonchev–Trinajstić information content (AvgIpc) is 3.33. The number of rotatable bonds is 6. The lowest BCUT2D eigenvalue weighted by Crippen LogP contribution is -2.29. The Morgan fingerprint density at radius 1 is 1.43 bits per heavy atom. The highest BCUT2D eigenvalue weighted by Gasteiger charge is 2.54. The summed E-state index contributed by atoms with van der Waals surface area (Å²) in [6.45, 7) is 3.99. The molecule has 2 aliphatic carbocycles. The Kier molecular flexibility index (Phi) is 6.50. The van der Waals surface area contributed by atoms with E-state index in [1.54, 1.807) is 12.2 Å². The molecular formula is C22H33FO5. The van der Waals surface area contributed by atoms with Gasteiger partial charge in [-0.05, 0) is 24.7 Å². The van der Waals surface area contributed by atoms with Gasteiger partial charge in [0.05, 0.1) is 24.9 Å². The first-order chi connectivity index (χ1) is 13.3. The quantitative estimate of drug-likeness (QED) is 0.409. The van der Waals surface area contributed by atoms with E-state index in [0.29, 0.717) is 19.3 Å². The summed E-state index contributed by atoms with van der Waals surface area (Å²) >= 11 is 0. The Balaban J connectivity index is 1.80. The first-order valence-electron chi connectivity index (χ1n) is 10.5. The molecule has 3 rings (SSSR count). The molecule has 0 bridgehead atoms. The molecule has 6 atom stereocenters. The smallest absolute Gasteiger partial charge is 0.337 e. The van der Waals surface area contributed by atoms with Gasteiger partial charge in [0.1, 0.15) is 11.9 Å². The molecular weight excluding hydrogens is 363 g/mol. The monoisotopic (exact) mass is 396 g/mol. The maximum absolute atomic E-state index is 15.3. The van der Waals surface area contributed by atoms with Crippen LogP contribution in [0.5, 0.6) is 0 Å². The molecule has 3 aliphatic rings. The zero-order valence-corrected chi connectivity index (χ0v) is 17.1. The van der Waals surface area contributed by atoms with E-state index in [1.165, 1.54) is 7.11 Å². The van der Waals surface area contributed by atoms with Crippen LogP contribution in [0, 0.1) is 17.3 Å². The summed E-state index contributed by atoms with van der Waals surface area (Å²) in [5.41, 5.74) is 0.105. The van der Waals surface area contributed by atoms with E-state index in [1.807, 2.05) is 6.92 Å². The van der Waals surface area contributed by atoms with Gasteiger partial charge in [0.2, 0.25) is 0 Å². The predicted octanol–water partition coefficient (Wildman–Crippen LogP) is 3.44. The van der Waals surface area contributed by atoms with Gasteiger partial charge in [0, 0.05) is 18.3 Å². The molecule has 1 heterocycles. The number of carbonyl (C=O) groups is 1. The molecule has 5 nitrogen and oxygen atoms in total. The van der Waals surface area contributed by atoms with Gasteiger partial charge in [-0.15, -0.1) is 0 Å². The molecule has 28 heavy (non-hydrogen) atoms. The Bertz CT molecular complexity index is 637. The van der Waals surface area contributed by atoms with Crippen molar-refractivity contribution in [1.29, 1.82) is 0 Å². The van der Waals surface area contributed by atoms with Crippen LogP contribution in [0.4, 0.5) is 4.39 Å². The van der Waals surface area contributed by atoms with Crippen LogP contribution in [0.25, 0.3) is 0 Å². The fourth-order valence-electron chi connectivity index (χ4n) is 5.11. The van der Waals surface area contributed by atoms with Crippen LogP contribution in [0.3, 0.4) is 0 Å². The highest BCUT2D eigenvalue weighted by atomic mass is 19.1. The molecule has 0 spiro atoms. The Hall–Kier alpha value is -1.40. The van der Waals surface area contributed by atoms with Crippen LogP contribution in [-0.4, -0.2) is 47.8 Å². The normalized spacial score (nSPS) is 37.0. The molecule has 2 N–H and O–H groups in total. The van der Waals surface area contributed by atoms with Crippen LogP contribution in [0.15, 0.2) is 23.5 Å². The van der Waals surface area contributed by atoms with Crippen molar-refractivity contribution in [2.24, 2.45) is 17.3 Å². The van der Waals surface area contributed by atoms with Gasteiger partial charge in [-0.1, -0.05) is 45.3 Å². The minimum atomic E-state index is -1.46. The van der Waals surface area contributed by atoms with Gasteiger partial charge in [0.25, 0.3) is 0 Å². The number of aliphatic hydroxyl groups excluding tert-OH is 2. The van der Waals surface area contributed by atoms with Crippen molar-refractivity contribution < 1.29 is 28.9 Å². The van der Waals surface area contributed by atoms with Crippen molar-refractivity contribution in [2.45, 2.75) is 83.3 Å². The summed E-state index contributed by atoms with van der Waals surface area (Å²) in [6.07, 6.45) is 5.78. The fraction of sp³-hybridized carbons (Fsp3) is 0.773. The SMILES string of the molecule is CCCC(C(=O)OC)=C1OC2CC(O)C(C=CC(O)C3(C)CCCC3)C2C1F. The standard InChI is InChI=1S/C22H33FO5/c1-4-7-14(21(26)27-3)20-19(23)18-13(15(24)12-16(18)28-20)8-9-17(25)22(2)10-5-6-11-22/h8-9,13,15-19,24-25H,4-7,10-12H2,1-3H3. The van der Waals surface area contributed by atoms with E-state index in [9.17, 15) is 15.0 Å². The summed E-state index contributed by atoms with van der Waals surface area (Å²) in [5, 5.41) is 21.1. The average molecular weight is 396 g/mol. The van der Waals surface area contributed by atoms with Crippen molar-refractivity contribution in [2.75, 3.05) is 7.11 Å². The van der Waals surface area contributed by atoms with Gasteiger partial charge < -0.3 is 19.7 Å². The second-order valence-electron chi connectivity index (χ2n) is 8.79. The minimum absolute atomic E-state index is 0.0669. The van der Waals surface area contributed by atoms with Crippen molar-refractivity contribution in [3.05, 3.63) is 23.5 Å². The summed E-state index contributed by atoms with van der Waals surface area (Å²) in [7, 11) is 1.28. The third-order valence-corrected chi connectivity index (χ3v) is 6.86. The van der Waals surface area contributed by atoms with E-state index in [-0.39, 0.29) is 16.7 Å². The number of esters is 1. The Morgan fingerprint density at radius 2 is 2.11 bits per heavy atom. The molecule has 1 saturated heterocycles. The molecule has 158 valence electrons. The third-order valence-electron chi connectivity index (χ3n) is 6.86. The Labute approximate surface area is 166 Å². The minimum Gasteiger partial charge on any atom is -0.491 e. The van der Waals surface area contributed by atoms with Crippen molar-refractivity contribution in [3.8, 4) is 0 Å². The molecule has 0 aromatic rings. The van der Waals surface area contributed by atoms with Crippen LogP contribution < -0.4 is 0 Å². The van der Waals surface area contributed by atoms with Crippen molar-refractivity contribution in [1.82, 2.24) is 0 Å². The van der Waals surface area contributed by atoms with E-state index >= 15 is 4.39 Å². The number of ether oxygens (including phenoxy) is 2. The maximum Gasteiger partial charge on any atom is 0.337 e. The molecule has 1 aliphatic heterocycles. The van der Waals surface area contributed by atoms with Crippen LogP contribution in [0.1, 0.15) is 58.8 Å². The number of fused-ring (bicyclic) bond motifs is 1. The second kappa shape index (κ2) is 8.54. The number of aliphatic hydroxyl groups is 2. The first-order valence-corrected chi connectivity index (χ1v) is 10.5. The molecule has 6 unspecified atom stereocenters. The lowest BCUT2D eigenvalue weighted by Gasteiger charge is -2.28. The summed E-state index contributed by atoms with van der Waals surface area (Å²) in [4.78, 5) is 12.1. The topological polar surface area (TPSA) is 76.0 Å². The molecule has 0 radical (unpaired) electrons. The lowest BCUT2D eigenvalue weighted by atomic mass is 9.81. The number of allylic oxidation sites excluding steroid dienone is 1. The molecule has 3 fully saturated rings. The van der Waals surface area contributed by atoms with Crippen molar-refractivity contribution in [3.63, 3.8) is 0 Å². The van der Waals surface area contributed by atoms with Gasteiger partial charge in [-0.3, -0.25) is 0 Å². The summed E-state index contributed by atoms with van der Waals surface area (Å²) < 4.78 is 26.0. The fourth-order valence-corrected chi connectivity index (χ4v) is 5.11. The summed E-state index contributed by atoms with van der Waals surface area (Å²) in [6, 6.07) is 0. The Morgan fingerprint density at radius 3 is 2.71 bits per heavy atom. The second-order valence-corrected chi connectivity index (χ2v) is 8.79. The van der Waals surface area contributed by atoms with Crippen LogP contribution in [-0.2, 0) is 14.3 Å². The van der Waals surface area contributed by atoms with Crippen LogP contribution in [0.2, 0.25) is 0 Å². The van der Waals surface area contributed by atoms with E-state index < -0.39 is 42.3 Å². The zero-order chi connectivity index (χ0) is 20.5. The number of methoxy groups -OCH3 is 1. The van der Waals surface area contributed by atoms with E-state index in [0.717, 1.165) is 25.7 Å². The zero-order valence-electron chi connectivity index (χ0n) is 17.1. The maximum atomic E-state index is 15.3. The van der Waals surface area contributed by atoms with Crippen LogP contribution >= 0.6 is 0 Å². The number of hydrogen-bond acceptors (Lipinski definition) is 5. The number of alkyl halides is 1. The van der Waals surface area contributed by atoms with Gasteiger partial charge in [-0.25, -0.2) is 9.18 Å². The third kappa shape index (κ3) is 3.86. The molecule has 0 amide bonds.